The Hall–Kier alpha value is -2.21. The summed E-state index contributed by atoms with van der Waals surface area (Å²) in [6.45, 7) is 1.54. The molecule has 6 nitrogen and oxygen atoms in total. The summed E-state index contributed by atoms with van der Waals surface area (Å²) in [7, 11) is 0. The highest BCUT2D eigenvalue weighted by Crippen LogP contribution is 2.13. The summed E-state index contributed by atoms with van der Waals surface area (Å²) in [4.78, 5) is 16.1. The molecular weight excluding hydrogens is 268 g/mol. The number of benzene rings is 1. The highest BCUT2D eigenvalue weighted by Gasteiger charge is 2.16. The van der Waals surface area contributed by atoms with Gasteiger partial charge in [-0.05, 0) is 12.8 Å². The molecule has 21 heavy (non-hydrogen) atoms. The average molecular weight is 286 g/mol. The normalized spacial score (nSPS) is 17.8. The van der Waals surface area contributed by atoms with Crippen molar-refractivity contribution in [2.24, 2.45) is 0 Å². The van der Waals surface area contributed by atoms with Gasteiger partial charge < -0.3 is 10.1 Å². The van der Waals surface area contributed by atoms with Crippen molar-refractivity contribution in [1.82, 2.24) is 20.1 Å². The third-order valence-corrected chi connectivity index (χ3v) is 3.42. The predicted octanol–water partition coefficient (Wildman–Crippen LogP) is 1.24. The fourth-order valence-electron chi connectivity index (χ4n) is 2.33. The lowest BCUT2D eigenvalue weighted by Gasteiger charge is -2.10. The van der Waals surface area contributed by atoms with Crippen LogP contribution in [-0.4, -0.2) is 39.9 Å². The second-order valence-corrected chi connectivity index (χ2v) is 5.07. The quantitative estimate of drug-likeness (QED) is 0.898. The molecule has 0 saturated carbocycles. The van der Waals surface area contributed by atoms with Gasteiger partial charge in [-0.2, -0.15) is 5.10 Å². The molecular formula is C15H18N4O2. The van der Waals surface area contributed by atoms with Crippen molar-refractivity contribution in [3.8, 4) is 11.4 Å². The van der Waals surface area contributed by atoms with Crippen LogP contribution < -0.4 is 5.32 Å². The van der Waals surface area contributed by atoms with Gasteiger partial charge in [0.15, 0.2) is 5.82 Å². The van der Waals surface area contributed by atoms with E-state index in [1.807, 2.05) is 30.3 Å². The zero-order valence-electron chi connectivity index (χ0n) is 11.7. The third kappa shape index (κ3) is 3.66. The number of nitrogens with one attached hydrogen (secondary N) is 1. The number of carbonyl (C=O) groups is 1. The monoisotopic (exact) mass is 286 g/mol. The molecule has 1 saturated heterocycles. The van der Waals surface area contributed by atoms with E-state index in [4.69, 9.17) is 4.74 Å². The van der Waals surface area contributed by atoms with Crippen LogP contribution in [0.15, 0.2) is 36.7 Å². The zero-order chi connectivity index (χ0) is 14.5. The molecule has 1 aromatic carbocycles. The summed E-state index contributed by atoms with van der Waals surface area (Å²) in [5.74, 6) is 0.553. The lowest BCUT2D eigenvalue weighted by molar-refractivity contribution is -0.122. The van der Waals surface area contributed by atoms with Crippen LogP contribution in [0.2, 0.25) is 0 Å². The van der Waals surface area contributed by atoms with Gasteiger partial charge in [0.2, 0.25) is 5.91 Å². The summed E-state index contributed by atoms with van der Waals surface area (Å²) in [5.41, 5.74) is 0.941. The van der Waals surface area contributed by atoms with Crippen molar-refractivity contribution in [1.29, 1.82) is 0 Å². The standard InChI is InChI=1S/C15H18N4O2/c20-14(16-9-13-7-4-8-21-13)10-19-11-17-15(18-19)12-5-2-1-3-6-12/h1-3,5-6,11,13H,4,7-10H2,(H,16,20)/t13-/m1/s1. The highest BCUT2D eigenvalue weighted by atomic mass is 16.5. The van der Waals surface area contributed by atoms with Crippen LogP contribution in [0.5, 0.6) is 0 Å². The lowest BCUT2D eigenvalue weighted by Crippen LogP contribution is -2.34. The molecule has 1 atom stereocenters. The van der Waals surface area contributed by atoms with Gasteiger partial charge >= 0.3 is 0 Å². The number of aromatic nitrogens is 3. The second kappa shape index (κ2) is 6.49. The minimum absolute atomic E-state index is 0.0741. The number of amides is 1. The molecule has 0 bridgehead atoms. The van der Waals surface area contributed by atoms with Crippen molar-refractivity contribution >= 4 is 5.91 Å². The predicted molar refractivity (Wildman–Crippen MR) is 77.4 cm³/mol. The molecule has 2 heterocycles. The number of hydrogen-bond donors (Lipinski definition) is 1. The van der Waals surface area contributed by atoms with Crippen LogP contribution in [0.25, 0.3) is 11.4 Å². The van der Waals surface area contributed by atoms with Crippen molar-refractivity contribution in [2.45, 2.75) is 25.5 Å². The van der Waals surface area contributed by atoms with E-state index < -0.39 is 0 Å². The summed E-state index contributed by atoms with van der Waals surface area (Å²) in [5, 5.41) is 7.18. The summed E-state index contributed by atoms with van der Waals surface area (Å²) >= 11 is 0. The van der Waals surface area contributed by atoms with Gasteiger partial charge in [0.05, 0.1) is 6.10 Å². The Kier molecular flexibility index (Phi) is 4.25. The van der Waals surface area contributed by atoms with E-state index in [1.165, 1.54) is 0 Å². The Morgan fingerprint density at radius 1 is 1.38 bits per heavy atom. The zero-order valence-corrected chi connectivity index (χ0v) is 11.7. The molecule has 0 radical (unpaired) electrons. The molecule has 110 valence electrons. The first-order valence-electron chi connectivity index (χ1n) is 7.14. The Morgan fingerprint density at radius 3 is 3.00 bits per heavy atom. The maximum absolute atomic E-state index is 11.9. The Balaban J connectivity index is 1.53. The van der Waals surface area contributed by atoms with Crippen LogP contribution in [0, 0.1) is 0 Å². The molecule has 1 aliphatic heterocycles. The van der Waals surface area contributed by atoms with Crippen LogP contribution >= 0.6 is 0 Å². The molecule has 6 heteroatoms. The maximum atomic E-state index is 11.9. The molecule has 0 unspecified atom stereocenters. The van der Waals surface area contributed by atoms with Crippen LogP contribution in [-0.2, 0) is 16.1 Å². The lowest BCUT2D eigenvalue weighted by atomic mass is 10.2. The highest BCUT2D eigenvalue weighted by molar-refractivity contribution is 5.75. The third-order valence-electron chi connectivity index (χ3n) is 3.42. The molecule has 1 N–H and O–H groups in total. The first-order valence-corrected chi connectivity index (χ1v) is 7.14. The topological polar surface area (TPSA) is 69.0 Å². The van der Waals surface area contributed by atoms with Crippen molar-refractivity contribution in [3.05, 3.63) is 36.7 Å². The summed E-state index contributed by atoms with van der Waals surface area (Å²) in [6.07, 6.45) is 3.82. The van der Waals surface area contributed by atoms with E-state index in [-0.39, 0.29) is 18.6 Å². The van der Waals surface area contributed by atoms with Gasteiger partial charge in [-0.25, -0.2) is 9.67 Å². The smallest absolute Gasteiger partial charge is 0.241 e. The van der Waals surface area contributed by atoms with Gasteiger partial charge in [0, 0.05) is 18.7 Å². The van der Waals surface area contributed by atoms with Gasteiger partial charge in [-0.3, -0.25) is 4.79 Å². The largest absolute Gasteiger partial charge is 0.376 e. The molecule has 1 amide bonds. The van der Waals surface area contributed by atoms with E-state index in [1.54, 1.807) is 11.0 Å². The Morgan fingerprint density at radius 2 is 2.24 bits per heavy atom. The fourth-order valence-corrected chi connectivity index (χ4v) is 2.33. The number of ether oxygens (including phenoxy) is 1. The average Bonchev–Trinajstić information content (AvgIpc) is 3.17. The number of rotatable bonds is 5. The van der Waals surface area contributed by atoms with Gasteiger partial charge in [0.1, 0.15) is 12.9 Å². The molecule has 1 fully saturated rings. The summed E-state index contributed by atoms with van der Waals surface area (Å²) < 4.78 is 7.01. The van der Waals surface area contributed by atoms with E-state index >= 15 is 0 Å². The Labute approximate surface area is 123 Å². The van der Waals surface area contributed by atoms with Crippen LogP contribution in [0.4, 0.5) is 0 Å². The van der Waals surface area contributed by atoms with Gasteiger partial charge in [0.25, 0.3) is 0 Å². The number of hydrogen-bond acceptors (Lipinski definition) is 4. The van der Waals surface area contributed by atoms with Crippen molar-refractivity contribution in [2.75, 3.05) is 13.2 Å². The van der Waals surface area contributed by atoms with E-state index in [2.05, 4.69) is 15.4 Å². The number of nitrogens with zero attached hydrogens (tertiary/aromatic N) is 3. The van der Waals surface area contributed by atoms with E-state index in [0.29, 0.717) is 12.4 Å². The van der Waals surface area contributed by atoms with E-state index in [0.717, 1.165) is 25.0 Å². The summed E-state index contributed by atoms with van der Waals surface area (Å²) in [6, 6.07) is 9.70. The molecule has 3 rings (SSSR count). The minimum Gasteiger partial charge on any atom is -0.376 e. The second-order valence-electron chi connectivity index (χ2n) is 5.07. The maximum Gasteiger partial charge on any atom is 0.241 e. The molecule has 1 aromatic heterocycles. The van der Waals surface area contributed by atoms with Gasteiger partial charge in [-0.1, -0.05) is 30.3 Å². The SMILES string of the molecule is O=C(Cn1cnc(-c2ccccc2)n1)NC[C@H]1CCCO1. The first-order chi connectivity index (χ1) is 10.3. The molecule has 2 aromatic rings. The molecule has 0 aliphatic carbocycles. The Bertz CT molecular complexity index is 591. The molecule has 0 spiro atoms. The fraction of sp³-hybridized carbons (Fsp3) is 0.400. The molecule has 1 aliphatic rings. The van der Waals surface area contributed by atoms with Gasteiger partial charge in [-0.15, -0.1) is 0 Å². The first kappa shape index (κ1) is 13.8. The minimum atomic E-state index is -0.0741. The van der Waals surface area contributed by atoms with Crippen LogP contribution in [0.1, 0.15) is 12.8 Å². The van der Waals surface area contributed by atoms with E-state index in [9.17, 15) is 4.79 Å². The van der Waals surface area contributed by atoms with Crippen molar-refractivity contribution in [3.63, 3.8) is 0 Å². The van der Waals surface area contributed by atoms with Crippen molar-refractivity contribution < 1.29 is 9.53 Å². The number of carbonyl (C=O) groups excluding carboxylic acids is 1. The van der Waals surface area contributed by atoms with Crippen LogP contribution in [0.3, 0.4) is 0 Å².